The number of hydrogen-bond donors (Lipinski definition) is 2. The average molecular weight is 312 g/mol. The Morgan fingerprint density at radius 2 is 2.28 bits per heavy atom. The molecule has 1 aromatic rings. The molecule has 0 aromatic carbocycles. The van der Waals surface area contributed by atoms with Crippen LogP contribution in [0.2, 0.25) is 0 Å². The quantitative estimate of drug-likeness (QED) is 0.898. The Hall–Kier alpha value is -1.10. The third kappa shape index (κ3) is 2.66. The van der Waals surface area contributed by atoms with Gasteiger partial charge in [-0.2, -0.15) is 0 Å². The van der Waals surface area contributed by atoms with Crippen LogP contribution in [-0.4, -0.2) is 17.4 Å². The van der Waals surface area contributed by atoms with E-state index in [9.17, 15) is 4.79 Å². The summed E-state index contributed by atoms with van der Waals surface area (Å²) in [5.74, 6) is 0.717. The molecular weight excluding hydrogens is 294 g/mol. The van der Waals surface area contributed by atoms with Crippen molar-refractivity contribution in [2.45, 2.75) is 26.7 Å². The summed E-state index contributed by atoms with van der Waals surface area (Å²) in [5.41, 5.74) is 6.44. The number of hydrogen-bond acceptors (Lipinski definition) is 3. The molecule has 0 spiro atoms. The van der Waals surface area contributed by atoms with E-state index in [0.29, 0.717) is 16.9 Å². The van der Waals surface area contributed by atoms with E-state index in [2.05, 4.69) is 40.1 Å². The second kappa shape index (κ2) is 4.88. The Morgan fingerprint density at radius 3 is 2.83 bits per heavy atom. The van der Waals surface area contributed by atoms with Crippen molar-refractivity contribution in [3.63, 3.8) is 0 Å². The molecule has 0 saturated heterocycles. The second-order valence-corrected chi connectivity index (χ2v) is 6.20. The number of anilines is 1. The Labute approximate surface area is 115 Å². The van der Waals surface area contributed by atoms with Crippen molar-refractivity contribution in [1.29, 1.82) is 0 Å². The van der Waals surface area contributed by atoms with Gasteiger partial charge in [-0.15, -0.1) is 0 Å². The zero-order chi connectivity index (χ0) is 13.3. The van der Waals surface area contributed by atoms with Crippen LogP contribution < -0.4 is 11.1 Å². The lowest BCUT2D eigenvalue weighted by molar-refractivity contribution is 0.0940. The number of carbonyl (C=O) groups excluding carboxylic acids is 1. The molecule has 5 heteroatoms. The van der Waals surface area contributed by atoms with Crippen molar-refractivity contribution in [3.05, 3.63) is 22.3 Å². The molecule has 1 aliphatic rings. The number of rotatable bonds is 4. The van der Waals surface area contributed by atoms with Crippen LogP contribution in [0.3, 0.4) is 0 Å². The van der Waals surface area contributed by atoms with Gasteiger partial charge in [0.05, 0.1) is 5.56 Å². The third-order valence-corrected chi connectivity index (χ3v) is 4.28. The molecule has 4 nitrogen and oxygen atoms in total. The molecule has 0 radical (unpaired) electrons. The number of nitrogens with one attached hydrogen (secondary N) is 1. The van der Waals surface area contributed by atoms with Crippen LogP contribution >= 0.6 is 15.9 Å². The van der Waals surface area contributed by atoms with Gasteiger partial charge in [-0.1, -0.05) is 13.8 Å². The maximum atomic E-state index is 12.1. The molecule has 3 N–H and O–H groups in total. The van der Waals surface area contributed by atoms with E-state index in [0.717, 1.165) is 11.0 Å². The van der Waals surface area contributed by atoms with Crippen molar-refractivity contribution < 1.29 is 4.79 Å². The highest BCUT2D eigenvalue weighted by Gasteiger charge is 2.45. The molecule has 1 aromatic heterocycles. The zero-order valence-corrected chi connectivity index (χ0v) is 12.3. The number of carbonyl (C=O) groups is 1. The number of aromatic nitrogens is 1. The molecule has 1 saturated carbocycles. The maximum absolute atomic E-state index is 12.1. The first-order valence-corrected chi connectivity index (χ1v) is 6.93. The van der Waals surface area contributed by atoms with Crippen molar-refractivity contribution in [2.24, 2.45) is 11.3 Å². The van der Waals surface area contributed by atoms with E-state index in [1.54, 1.807) is 12.3 Å². The predicted octanol–water partition coefficient (Wildman–Crippen LogP) is 2.59. The van der Waals surface area contributed by atoms with E-state index < -0.39 is 0 Å². The van der Waals surface area contributed by atoms with Gasteiger partial charge in [0.15, 0.2) is 0 Å². The molecule has 0 aliphatic heterocycles. The van der Waals surface area contributed by atoms with Crippen LogP contribution in [0.4, 0.5) is 5.82 Å². The Bertz CT molecular complexity index is 469. The number of halogens is 1. The van der Waals surface area contributed by atoms with Crippen LogP contribution in [0.25, 0.3) is 0 Å². The van der Waals surface area contributed by atoms with Gasteiger partial charge < -0.3 is 11.1 Å². The Balaban J connectivity index is 2.02. The number of nitrogens with zero attached hydrogens (tertiary/aromatic N) is 1. The topological polar surface area (TPSA) is 68.0 Å². The molecule has 0 bridgehead atoms. The summed E-state index contributed by atoms with van der Waals surface area (Å²) >= 11 is 3.29. The van der Waals surface area contributed by atoms with Crippen molar-refractivity contribution in [3.8, 4) is 0 Å². The minimum atomic E-state index is -0.145. The van der Waals surface area contributed by atoms with Gasteiger partial charge in [0.2, 0.25) is 0 Å². The van der Waals surface area contributed by atoms with Gasteiger partial charge in [0, 0.05) is 17.2 Å². The van der Waals surface area contributed by atoms with Gasteiger partial charge in [0.25, 0.3) is 5.91 Å². The molecule has 1 amide bonds. The number of nitrogens with two attached hydrogens (primary N) is 1. The Morgan fingerprint density at radius 1 is 1.61 bits per heavy atom. The fourth-order valence-corrected chi connectivity index (χ4v) is 2.43. The summed E-state index contributed by atoms with van der Waals surface area (Å²) in [4.78, 5) is 16.0. The SMILES string of the molecule is CC(C)C1(CNC(=O)c2cc(Br)cnc2N)CC1. The summed E-state index contributed by atoms with van der Waals surface area (Å²) < 4.78 is 0.756. The van der Waals surface area contributed by atoms with E-state index in [-0.39, 0.29) is 11.7 Å². The maximum Gasteiger partial charge on any atom is 0.255 e. The van der Waals surface area contributed by atoms with Crippen LogP contribution in [0.1, 0.15) is 37.0 Å². The highest BCUT2D eigenvalue weighted by Crippen LogP contribution is 2.51. The van der Waals surface area contributed by atoms with Crippen molar-refractivity contribution in [2.75, 3.05) is 12.3 Å². The molecule has 0 unspecified atom stereocenters. The van der Waals surface area contributed by atoms with Crippen LogP contribution in [0.5, 0.6) is 0 Å². The van der Waals surface area contributed by atoms with Gasteiger partial charge in [0.1, 0.15) is 5.82 Å². The van der Waals surface area contributed by atoms with Crippen molar-refractivity contribution >= 4 is 27.7 Å². The minimum absolute atomic E-state index is 0.145. The fraction of sp³-hybridized carbons (Fsp3) is 0.538. The number of nitrogen functional groups attached to an aromatic ring is 1. The van der Waals surface area contributed by atoms with Gasteiger partial charge >= 0.3 is 0 Å². The molecule has 1 heterocycles. The first-order valence-electron chi connectivity index (χ1n) is 6.14. The molecule has 18 heavy (non-hydrogen) atoms. The van der Waals surface area contributed by atoms with E-state index in [1.807, 2.05) is 0 Å². The monoisotopic (exact) mass is 311 g/mol. The number of amides is 1. The fourth-order valence-electron chi connectivity index (χ4n) is 2.10. The second-order valence-electron chi connectivity index (χ2n) is 5.29. The van der Waals surface area contributed by atoms with E-state index >= 15 is 0 Å². The van der Waals surface area contributed by atoms with Crippen LogP contribution in [0.15, 0.2) is 16.7 Å². The lowest BCUT2D eigenvalue weighted by Crippen LogP contribution is -2.33. The smallest absolute Gasteiger partial charge is 0.255 e. The normalized spacial score (nSPS) is 16.7. The molecular formula is C13H18BrN3O. The lowest BCUT2D eigenvalue weighted by Gasteiger charge is -2.20. The molecule has 98 valence electrons. The summed E-state index contributed by atoms with van der Waals surface area (Å²) in [6.07, 6.45) is 3.97. The third-order valence-electron chi connectivity index (χ3n) is 3.85. The molecule has 1 aliphatic carbocycles. The largest absolute Gasteiger partial charge is 0.383 e. The highest BCUT2D eigenvalue weighted by molar-refractivity contribution is 9.10. The standard InChI is InChI=1S/C13H18BrN3O/c1-8(2)13(3-4-13)7-17-12(18)10-5-9(14)6-16-11(10)15/h5-6,8H,3-4,7H2,1-2H3,(H2,15,16)(H,17,18). The van der Waals surface area contributed by atoms with Crippen molar-refractivity contribution in [1.82, 2.24) is 10.3 Å². The zero-order valence-electron chi connectivity index (χ0n) is 10.7. The summed E-state index contributed by atoms with van der Waals surface area (Å²) in [5, 5.41) is 2.97. The number of pyridine rings is 1. The van der Waals surface area contributed by atoms with E-state index in [1.165, 1.54) is 12.8 Å². The first-order chi connectivity index (χ1) is 8.44. The predicted molar refractivity (Wildman–Crippen MR) is 75.2 cm³/mol. The molecule has 1 fully saturated rings. The lowest BCUT2D eigenvalue weighted by atomic mass is 9.92. The first kappa shape index (κ1) is 13.3. The summed E-state index contributed by atoms with van der Waals surface area (Å²) in [6.45, 7) is 5.12. The van der Waals surface area contributed by atoms with E-state index in [4.69, 9.17) is 5.73 Å². The van der Waals surface area contributed by atoms with Crippen LogP contribution in [-0.2, 0) is 0 Å². The Kier molecular flexibility index (Phi) is 3.61. The average Bonchev–Trinajstić information content (AvgIpc) is 3.10. The van der Waals surface area contributed by atoms with Gasteiger partial charge in [-0.05, 0) is 46.2 Å². The van der Waals surface area contributed by atoms with Gasteiger partial charge in [-0.3, -0.25) is 4.79 Å². The minimum Gasteiger partial charge on any atom is -0.383 e. The van der Waals surface area contributed by atoms with Crippen LogP contribution in [0, 0.1) is 11.3 Å². The summed E-state index contributed by atoms with van der Waals surface area (Å²) in [6, 6.07) is 1.70. The van der Waals surface area contributed by atoms with Gasteiger partial charge in [-0.25, -0.2) is 4.98 Å². The summed E-state index contributed by atoms with van der Waals surface area (Å²) in [7, 11) is 0. The molecule has 2 rings (SSSR count). The molecule has 0 atom stereocenters. The highest BCUT2D eigenvalue weighted by atomic mass is 79.9.